The van der Waals surface area contributed by atoms with E-state index in [0.717, 1.165) is 17.5 Å². The second kappa shape index (κ2) is 5.37. The first-order valence-corrected chi connectivity index (χ1v) is 8.59. The van der Waals surface area contributed by atoms with Gasteiger partial charge in [-0.25, -0.2) is 13.1 Å². The highest BCUT2D eigenvalue weighted by atomic mass is 32.2. The number of hydrogen-bond acceptors (Lipinski definition) is 3. The lowest BCUT2D eigenvalue weighted by molar-refractivity contribution is 0.529. The van der Waals surface area contributed by atoms with E-state index in [0.29, 0.717) is 22.1 Å². The van der Waals surface area contributed by atoms with Gasteiger partial charge in [0.2, 0.25) is 10.0 Å². The smallest absolute Gasteiger partial charge is 0.241 e. The predicted octanol–water partition coefficient (Wildman–Crippen LogP) is 2.66. The average Bonchev–Trinajstić information content (AvgIpc) is 3.08. The molecule has 3 N–H and O–H groups in total. The maximum Gasteiger partial charge on any atom is 0.241 e. The molecule has 1 aliphatic rings. The summed E-state index contributed by atoms with van der Waals surface area (Å²) in [4.78, 5) is 0.336. The molecular formula is C15H24N2O2S. The van der Waals surface area contributed by atoms with Crippen LogP contribution in [-0.4, -0.2) is 14.5 Å². The van der Waals surface area contributed by atoms with Crippen LogP contribution in [0.15, 0.2) is 11.0 Å². The van der Waals surface area contributed by atoms with Gasteiger partial charge in [0.1, 0.15) is 0 Å². The van der Waals surface area contributed by atoms with Crippen molar-refractivity contribution < 1.29 is 8.42 Å². The van der Waals surface area contributed by atoms with E-state index in [4.69, 9.17) is 5.73 Å². The molecule has 0 bridgehead atoms. The van der Waals surface area contributed by atoms with Crippen molar-refractivity contribution in [3.8, 4) is 0 Å². The molecule has 4 nitrogen and oxygen atoms in total. The van der Waals surface area contributed by atoms with Crippen molar-refractivity contribution in [2.24, 2.45) is 5.92 Å². The standard InChI is InChI=1S/C15H24N2O2S/c1-9-7-10(2)15(12(4)14(9)16)20(18,19)17-11(3)8-13-5-6-13/h7,11,13,17H,5-6,8,16H2,1-4H3. The van der Waals surface area contributed by atoms with Crippen molar-refractivity contribution in [3.05, 3.63) is 22.8 Å². The highest BCUT2D eigenvalue weighted by Gasteiger charge is 2.28. The summed E-state index contributed by atoms with van der Waals surface area (Å²) < 4.78 is 28.0. The number of nitrogens with two attached hydrogens (primary N) is 1. The highest BCUT2D eigenvalue weighted by molar-refractivity contribution is 7.89. The van der Waals surface area contributed by atoms with Crippen LogP contribution in [0.1, 0.15) is 42.9 Å². The molecule has 1 fully saturated rings. The lowest BCUT2D eigenvalue weighted by atomic mass is 10.1. The van der Waals surface area contributed by atoms with Crippen molar-refractivity contribution in [2.45, 2.75) is 57.9 Å². The Morgan fingerprint density at radius 1 is 1.30 bits per heavy atom. The third kappa shape index (κ3) is 3.15. The van der Waals surface area contributed by atoms with Gasteiger partial charge in [-0.1, -0.05) is 18.9 Å². The number of rotatable bonds is 5. The molecule has 112 valence electrons. The Morgan fingerprint density at radius 3 is 2.45 bits per heavy atom. The van der Waals surface area contributed by atoms with Gasteiger partial charge < -0.3 is 5.73 Å². The summed E-state index contributed by atoms with van der Waals surface area (Å²) in [5, 5.41) is 0. The fourth-order valence-electron chi connectivity index (χ4n) is 2.82. The molecule has 1 atom stereocenters. The van der Waals surface area contributed by atoms with Gasteiger partial charge in [-0.15, -0.1) is 0 Å². The Morgan fingerprint density at radius 2 is 1.90 bits per heavy atom. The third-order valence-electron chi connectivity index (χ3n) is 3.97. The fourth-order valence-corrected chi connectivity index (χ4v) is 4.56. The van der Waals surface area contributed by atoms with Gasteiger partial charge in [0.05, 0.1) is 4.90 Å². The number of sulfonamides is 1. The minimum Gasteiger partial charge on any atom is -0.398 e. The molecule has 5 heteroatoms. The molecule has 1 saturated carbocycles. The lowest BCUT2D eigenvalue weighted by Crippen LogP contribution is -2.34. The summed E-state index contributed by atoms with van der Waals surface area (Å²) in [6.07, 6.45) is 3.36. The zero-order chi connectivity index (χ0) is 15.1. The summed E-state index contributed by atoms with van der Waals surface area (Å²) >= 11 is 0. The van der Waals surface area contributed by atoms with Gasteiger partial charge in [0.25, 0.3) is 0 Å². The van der Waals surface area contributed by atoms with Gasteiger partial charge in [-0.2, -0.15) is 0 Å². The number of hydrogen-bond donors (Lipinski definition) is 2. The topological polar surface area (TPSA) is 72.2 Å². The van der Waals surface area contributed by atoms with Crippen molar-refractivity contribution in [1.29, 1.82) is 0 Å². The lowest BCUT2D eigenvalue weighted by Gasteiger charge is -2.18. The molecular weight excluding hydrogens is 272 g/mol. The fraction of sp³-hybridized carbons (Fsp3) is 0.600. The highest BCUT2D eigenvalue weighted by Crippen LogP contribution is 2.34. The largest absolute Gasteiger partial charge is 0.398 e. The molecule has 20 heavy (non-hydrogen) atoms. The molecule has 0 saturated heterocycles. The van der Waals surface area contributed by atoms with E-state index in [1.165, 1.54) is 12.8 Å². The molecule has 0 radical (unpaired) electrons. The normalized spacial score (nSPS) is 17.2. The quantitative estimate of drug-likeness (QED) is 0.821. The molecule has 2 rings (SSSR count). The van der Waals surface area contributed by atoms with Gasteiger partial charge in [-0.3, -0.25) is 0 Å². The summed E-state index contributed by atoms with van der Waals surface area (Å²) in [5.74, 6) is 0.693. The van der Waals surface area contributed by atoms with Crippen LogP contribution in [0.4, 0.5) is 5.69 Å². The van der Waals surface area contributed by atoms with Crippen LogP contribution in [0, 0.1) is 26.7 Å². The first-order valence-electron chi connectivity index (χ1n) is 7.11. The van der Waals surface area contributed by atoms with Crippen LogP contribution in [0.3, 0.4) is 0 Å². The van der Waals surface area contributed by atoms with Crippen LogP contribution >= 0.6 is 0 Å². The minimum atomic E-state index is -3.51. The SMILES string of the molecule is Cc1cc(C)c(S(=O)(=O)NC(C)CC2CC2)c(C)c1N. The van der Waals surface area contributed by atoms with Crippen LogP contribution in [0.5, 0.6) is 0 Å². The van der Waals surface area contributed by atoms with E-state index in [1.807, 2.05) is 26.8 Å². The molecule has 0 aliphatic heterocycles. The van der Waals surface area contributed by atoms with E-state index in [2.05, 4.69) is 4.72 Å². The number of aryl methyl sites for hydroxylation is 2. The number of nitrogen functional groups attached to an aromatic ring is 1. The van der Waals surface area contributed by atoms with Crippen LogP contribution < -0.4 is 10.5 Å². The van der Waals surface area contributed by atoms with E-state index in [1.54, 1.807) is 6.92 Å². The second-order valence-electron chi connectivity index (χ2n) is 6.08. The number of benzene rings is 1. The minimum absolute atomic E-state index is 0.0335. The maximum atomic E-state index is 12.6. The Balaban J connectivity index is 2.31. The van der Waals surface area contributed by atoms with Gasteiger partial charge in [0.15, 0.2) is 0 Å². The Hall–Kier alpha value is -1.07. The molecule has 0 spiro atoms. The van der Waals surface area contributed by atoms with Crippen molar-refractivity contribution in [2.75, 3.05) is 5.73 Å². The molecule has 0 heterocycles. The van der Waals surface area contributed by atoms with Crippen molar-refractivity contribution >= 4 is 15.7 Å². The monoisotopic (exact) mass is 296 g/mol. The van der Waals surface area contributed by atoms with E-state index < -0.39 is 10.0 Å². The zero-order valence-corrected chi connectivity index (χ0v) is 13.5. The summed E-state index contributed by atoms with van der Waals surface area (Å²) in [6, 6.07) is 1.80. The van der Waals surface area contributed by atoms with E-state index in [-0.39, 0.29) is 6.04 Å². The first kappa shape index (κ1) is 15.3. The summed E-state index contributed by atoms with van der Waals surface area (Å²) in [7, 11) is -3.51. The summed E-state index contributed by atoms with van der Waals surface area (Å²) in [6.45, 7) is 7.42. The Labute approximate surface area is 121 Å². The predicted molar refractivity (Wildman–Crippen MR) is 82.2 cm³/mol. The molecule has 1 unspecified atom stereocenters. The Bertz CT molecular complexity index is 619. The van der Waals surface area contributed by atoms with E-state index in [9.17, 15) is 8.42 Å². The number of anilines is 1. The first-order chi connectivity index (χ1) is 9.22. The van der Waals surface area contributed by atoms with Gasteiger partial charge in [0, 0.05) is 11.7 Å². The maximum absolute atomic E-state index is 12.6. The van der Waals surface area contributed by atoms with Gasteiger partial charge in [-0.05, 0) is 56.7 Å². The zero-order valence-electron chi connectivity index (χ0n) is 12.7. The molecule has 1 aromatic rings. The average molecular weight is 296 g/mol. The van der Waals surface area contributed by atoms with Crippen molar-refractivity contribution in [1.82, 2.24) is 4.72 Å². The molecule has 1 aromatic carbocycles. The van der Waals surface area contributed by atoms with Crippen LogP contribution in [-0.2, 0) is 10.0 Å². The van der Waals surface area contributed by atoms with Crippen LogP contribution in [0.25, 0.3) is 0 Å². The molecule has 1 aliphatic carbocycles. The van der Waals surface area contributed by atoms with Crippen molar-refractivity contribution in [3.63, 3.8) is 0 Å². The molecule has 0 amide bonds. The Kier molecular flexibility index (Phi) is 4.12. The van der Waals surface area contributed by atoms with Crippen LogP contribution in [0.2, 0.25) is 0 Å². The van der Waals surface area contributed by atoms with Gasteiger partial charge >= 0.3 is 0 Å². The third-order valence-corrected chi connectivity index (χ3v) is 5.85. The summed E-state index contributed by atoms with van der Waals surface area (Å²) in [5.41, 5.74) is 8.86. The molecule has 0 aromatic heterocycles. The van der Waals surface area contributed by atoms with E-state index >= 15 is 0 Å². The number of nitrogens with one attached hydrogen (secondary N) is 1. The second-order valence-corrected chi connectivity index (χ2v) is 7.73.